The molecule has 0 aliphatic heterocycles. The predicted octanol–water partition coefficient (Wildman–Crippen LogP) is 2.19. The fourth-order valence-electron chi connectivity index (χ4n) is 1.68. The number of nitrogens with one attached hydrogen (secondary N) is 1. The first-order valence-electron chi connectivity index (χ1n) is 6.43. The Bertz CT molecular complexity index is 346. The Morgan fingerprint density at radius 3 is 2.72 bits per heavy atom. The minimum absolute atomic E-state index is 0.182. The smallest absolute Gasteiger partial charge is 0.0864 e. The standard InChI is InChI=1S/C14H23NO2S/c1-3-8-15-11(2)13-6-4-5-7-14(13)18-10-12(17)9-16/h4-7,11-12,15-17H,3,8-10H2,1-2H3. The molecule has 1 aromatic carbocycles. The van der Waals surface area contributed by atoms with Gasteiger partial charge < -0.3 is 15.5 Å². The van der Waals surface area contributed by atoms with Gasteiger partial charge in [0.25, 0.3) is 0 Å². The number of aliphatic hydroxyl groups excluding tert-OH is 2. The molecule has 0 heterocycles. The van der Waals surface area contributed by atoms with Crippen molar-refractivity contribution >= 4 is 11.8 Å². The monoisotopic (exact) mass is 269 g/mol. The van der Waals surface area contributed by atoms with Gasteiger partial charge in [-0.15, -0.1) is 11.8 Å². The first-order chi connectivity index (χ1) is 8.69. The van der Waals surface area contributed by atoms with Gasteiger partial charge in [-0.25, -0.2) is 0 Å². The van der Waals surface area contributed by atoms with Gasteiger partial charge in [-0.2, -0.15) is 0 Å². The highest BCUT2D eigenvalue weighted by molar-refractivity contribution is 7.99. The third-order valence-electron chi connectivity index (χ3n) is 2.73. The van der Waals surface area contributed by atoms with E-state index >= 15 is 0 Å². The lowest BCUT2D eigenvalue weighted by molar-refractivity contribution is 0.113. The van der Waals surface area contributed by atoms with Gasteiger partial charge in [0.2, 0.25) is 0 Å². The van der Waals surface area contributed by atoms with Crippen molar-refractivity contribution in [1.29, 1.82) is 0 Å². The van der Waals surface area contributed by atoms with Crippen LogP contribution >= 0.6 is 11.8 Å². The lowest BCUT2D eigenvalue weighted by Gasteiger charge is -2.18. The summed E-state index contributed by atoms with van der Waals surface area (Å²) in [5.41, 5.74) is 1.25. The summed E-state index contributed by atoms with van der Waals surface area (Å²) in [7, 11) is 0. The molecule has 3 nitrogen and oxygen atoms in total. The number of benzene rings is 1. The highest BCUT2D eigenvalue weighted by atomic mass is 32.2. The van der Waals surface area contributed by atoms with Crippen LogP contribution in [0.1, 0.15) is 31.9 Å². The number of thioether (sulfide) groups is 1. The average molecular weight is 269 g/mol. The van der Waals surface area contributed by atoms with E-state index in [2.05, 4.69) is 31.3 Å². The fraction of sp³-hybridized carbons (Fsp3) is 0.571. The van der Waals surface area contributed by atoms with Gasteiger partial charge in [-0.05, 0) is 31.5 Å². The van der Waals surface area contributed by atoms with Crippen molar-refractivity contribution in [2.45, 2.75) is 37.3 Å². The van der Waals surface area contributed by atoms with E-state index in [1.54, 1.807) is 11.8 Å². The topological polar surface area (TPSA) is 52.5 Å². The summed E-state index contributed by atoms with van der Waals surface area (Å²) in [5, 5.41) is 21.7. The summed E-state index contributed by atoms with van der Waals surface area (Å²) in [6, 6.07) is 8.52. The van der Waals surface area contributed by atoms with E-state index in [0.29, 0.717) is 11.8 Å². The van der Waals surface area contributed by atoms with E-state index in [-0.39, 0.29) is 6.61 Å². The van der Waals surface area contributed by atoms with Gasteiger partial charge in [0.15, 0.2) is 0 Å². The molecular formula is C14H23NO2S. The zero-order valence-corrected chi connectivity index (χ0v) is 11.9. The van der Waals surface area contributed by atoms with Crippen LogP contribution in [0.5, 0.6) is 0 Å². The van der Waals surface area contributed by atoms with Crippen molar-refractivity contribution in [3.8, 4) is 0 Å². The lowest BCUT2D eigenvalue weighted by atomic mass is 10.1. The van der Waals surface area contributed by atoms with Crippen LogP contribution in [0.2, 0.25) is 0 Å². The molecular weight excluding hydrogens is 246 g/mol. The normalized spacial score (nSPS) is 14.4. The largest absolute Gasteiger partial charge is 0.394 e. The van der Waals surface area contributed by atoms with Crippen LogP contribution in [0.3, 0.4) is 0 Å². The second-order valence-corrected chi connectivity index (χ2v) is 5.42. The molecule has 0 amide bonds. The van der Waals surface area contributed by atoms with E-state index in [1.165, 1.54) is 10.5 Å². The van der Waals surface area contributed by atoms with Crippen LogP contribution in [0.15, 0.2) is 29.2 Å². The number of rotatable bonds is 8. The van der Waals surface area contributed by atoms with Crippen molar-refractivity contribution in [3.63, 3.8) is 0 Å². The maximum Gasteiger partial charge on any atom is 0.0864 e. The van der Waals surface area contributed by atoms with E-state index in [4.69, 9.17) is 5.11 Å². The maximum atomic E-state index is 9.40. The van der Waals surface area contributed by atoms with Gasteiger partial charge in [-0.3, -0.25) is 0 Å². The maximum absolute atomic E-state index is 9.40. The van der Waals surface area contributed by atoms with E-state index in [1.807, 2.05) is 12.1 Å². The zero-order chi connectivity index (χ0) is 13.4. The Labute approximate surface area is 114 Å². The third kappa shape index (κ3) is 4.98. The SMILES string of the molecule is CCCNC(C)c1ccccc1SCC(O)CO. The summed E-state index contributed by atoms with van der Waals surface area (Å²) in [5.74, 6) is 0.522. The molecule has 0 aromatic heterocycles. The van der Waals surface area contributed by atoms with Crippen molar-refractivity contribution < 1.29 is 10.2 Å². The second-order valence-electron chi connectivity index (χ2n) is 4.36. The van der Waals surface area contributed by atoms with Gasteiger partial charge in [0.1, 0.15) is 0 Å². The van der Waals surface area contributed by atoms with E-state index in [9.17, 15) is 5.11 Å². The Morgan fingerprint density at radius 1 is 1.33 bits per heavy atom. The van der Waals surface area contributed by atoms with Crippen molar-refractivity contribution in [2.75, 3.05) is 18.9 Å². The predicted molar refractivity (Wildman–Crippen MR) is 77.0 cm³/mol. The minimum Gasteiger partial charge on any atom is -0.394 e. The highest BCUT2D eigenvalue weighted by Crippen LogP contribution is 2.27. The molecule has 0 radical (unpaired) electrons. The number of aliphatic hydroxyl groups is 2. The molecule has 3 N–H and O–H groups in total. The molecule has 18 heavy (non-hydrogen) atoms. The number of hydrogen-bond donors (Lipinski definition) is 3. The van der Waals surface area contributed by atoms with Crippen LogP contribution in [0.25, 0.3) is 0 Å². The molecule has 0 fully saturated rings. The van der Waals surface area contributed by atoms with Gasteiger partial charge >= 0.3 is 0 Å². The molecule has 102 valence electrons. The van der Waals surface area contributed by atoms with Crippen LogP contribution in [-0.2, 0) is 0 Å². The molecule has 0 saturated carbocycles. The van der Waals surface area contributed by atoms with E-state index < -0.39 is 6.10 Å². The van der Waals surface area contributed by atoms with Gasteiger partial charge in [0.05, 0.1) is 12.7 Å². The lowest BCUT2D eigenvalue weighted by Crippen LogP contribution is -2.20. The summed E-state index contributed by atoms with van der Waals surface area (Å²) in [4.78, 5) is 1.17. The fourth-order valence-corrected chi connectivity index (χ4v) is 2.74. The Hall–Kier alpha value is -0.550. The Balaban J connectivity index is 2.66. The molecule has 0 aliphatic rings. The molecule has 0 spiro atoms. The molecule has 1 rings (SSSR count). The first kappa shape index (κ1) is 15.5. The average Bonchev–Trinajstić information content (AvgIpc) is 2.42. The first-order valence-corrected chi connectivity index (χ1v) is 7.41. The van der Waals surface area contributed by atoms with Gasteiger partial charge in [0, 0.05) is 16.7 Å². The Kier molecular flexibility index (Phi) is 7.35. The Morgan fingerprint density at radius 2 is 2.06 bits per heavy atom. The van der Waals surface area contributed by atoms with Crippen molar-refractivity contribution in [1.82, 2.24) is 5.32 Å². The molecule has 4 heteroatoms. The molecule has 2 atom stereocenters. The number of hydrogen-bond acceptors (Lipinski definition) is 4. The molecule has 0 saturated heterocycles. The van der Waals surface area contributed by atoms with Crippen LogP contribution in [0, 0.1) is 0 Å². The quantitative estimate of drug-likeness (QED) is 0.633. The summed E-state index contributed by atoms with van der Waals surface area (Å²) in [6.07, 6.45) is 0.463. The van der Waals surface area contributed by atoms with E-state index in [0.717, 1.165) is 13.0 Å². The molecule has 1 aromatic rings. The van der Waals surface area contributed by atoms with Crippen LogP contribution in [0.4, 0.5) is 0 Å². The third-order valence-corrected chi connectivity index (χ3v) is 3.96. The summed E-state index contributed by atoms with van der Waals surface area (Å²) < 4.78 is 0. The van der Waals surface area contributed by atoms with Gasteiger partial charge in [-0.1, -0.05) is 25.1 Å². The second kappa shape index (κ2) is 8.53. The molecule has 0 bridgehead atoms. The summed E-state index contributed by atoms with van der Waals surface area (Å²) in [6.45, 7) is 5.12. The molecule has 2 unspecified atom stereocenters. The van der Waals surface area contributed by atoms with Crippen LogP contribution in [-0.4, -0.2) is 35.2 Å². The molecule has 0 aliphatic carbocycles. The van der Waals surface area contributed by atoms with Crippen LogP contribution < -0.4 is 5.32 Å². The summed E-state index contributed by atoms with van der Waals surface area (Å²) >= 11 is 1.59. The highest BCUT2D eigenvalue weighted by Gasteiger charge is 2.11. The zero-order valence-electron chi connectivity index (χ0n) is 11.1. The van der Waals surface area contributed by atoms with Crippen molar-refractivity contribution in [2.24, 2.45) is 0 Å². The van der Waals surface area contributed by atoms with Crippen molar-refractivity contribution in [3.05, 3.63) is 29.8 Å². The minimum atomic E-state index is -0.651.